The van der Waals surface area contributed by atoms with Gasteiger partial charge in [-0.25, -0.2) is 4.98 Å². The van der Waals surface area contributed by atoms with E-state index in [0.29, 0.717) is 12.3 Å². The van der Waals surface area contributed by atoms with E-state index in [1.54, 1.807) is 12.4 Å². The number of hydrogen-bond donors (Lipinski definition) is 2. The molecule has 5 heteroatoms. The number of H-pyrrole nitrogens is 1. The summed E-state index contributed by atoms with van der Waals surface area (Å²) in [5.74, 6) is 1.49. The van der Waals surface area contributed by atoms with Crippen LogP contribution in [0.15, 0.2) is 12.4 Å². The van der Waals surface area contributed by atoms with E-state index in [2.05, 4.69) is 15.3 Å². The van der Waals surface area contributed by atoms with Gasteiger partial charge in [-0.1, -0.05) is 6.92 Å². The second-order valence-electron chi connectivity index (χ2n) is 3.65. The van der Waals surface area contributed by atoms with Crippen molar-refractivity contribution in [3.05, 3.63) is 18.2 Å². The first-order valence-corrected chi connectivity index (χ1v) is 6.16. The summed E-state index contributed by atoms with van der Waals surface area (Å²) in [5, 5.41) is 2.95. The fourth-order valence-corrected chi connectivity index (χ4v) is 1.67. The van der Waals surface area contributed by atoms with Crippen LogP contribution in [0.3, 0.4) is 0 Å². The van der Waals surface area contributed by atoms with Crippen molar-refractivity contribution in [2.45, 2.75) is 38.6 Å². The molecular weight excluding hydrogens is 226 g/mol. The van der Waals surface area contributed by atoms with Crippen molar-refractivity contribution in [3.8, 4) is 0 Å². The molecule has 0 aliphatic carbocycles. The number of carbonyl (C=O) groups excluding carboxylic acids is 1. The van der Waals surface area contributed by atoms with E-state index in [9.17, 15) is 4.79 Å². The van der Waals surface area contributed by atoms with Gasteiger partial charge in [0.2, 0.25) is 5.91 Å². The summed E-state index contributed by atoms with van der Waals surface area (Å²) in [4.78, 5) is 18.7. The second kappa shape index (κ2) is 7.28. The van der Waals surface area contributed by atoms with E-state index >= 15 is 0 Å². The lowest BCUT2D eigenvalue weighted by Crippen LogP contribution is -2.28. The number of carbonyl (C=O) groups is 1. The normalized spacial score (nSPS) is 12.4. The average Bonchev–Trinajstić information content (AvgIpc) is 2.79. The Balaban J connectivity index is 2.36. The van der Waals surface area contributed by atoms with Gasteiger partial charge >= 0.3 is 0 Å². The van der Waals surface area contributed by atoms with Crippen LogP contribution in [0.1, 0.15) is 44.5 Å². The molecule has 1 atom stereocenters. The Labute approximate surface area is 101 Å². The molecule has 1 amide bonds. The Morgan fingerprint density at radius 2 is 2.44 bits per heavy atom. The van der Waals surface area contributed by atoms with Crippen molar-refractivity contribution in [2.24, 2.45) is 0 Å². The van der Waals surface area contributed by atoms with E-state index in [0.717, 1.165) is 25.1 Å². The molecule has 1 rings (SSSR count). The number of unbranched alkanes of at least 4 members (excludes halogenated alkanes) is 1. The van der Waals surface area contributed by atoms with Crippen LogP contribution in [0.4, 0.5) is 0 Å². The molecule has 0 saturated carbocycles. The standard InChI is InChI=1S/C11H18ClN3O/c1-2-9(11-13-7-8-14-11)15-10(16)5-3-4-6-12/h7-9H,2-6H2,1H3,(H,13,14)(H,15,16). The minimum absolute atomic E-state index is 0.0153. The van der Waals surface area contributed by atoms with Crippen LogP contribution in [-0.2, 0) is 4.79 Å². The van der Waals surface area contributed by atoms with Gasteiger partial charge in [0, 0.05) is 24.7 Å². The first kappa shape index (κ1) is 13.0. The Kier molecular flexibility index (Phi) is 5.93. The van der Waals surface area contributed by atoms with Crippen LogP contribution in [0.25, 0.3) is 0 Å². The second-order valence-corrected chi connectivity index (χ2v) is 4.03. The zero-order chi connectivity index (χ0) is 11.8. The molecule has 0 aromatic carbocycles. The maximum atomic E-state index is 11.6. The molecule has 1 heterocycles. The summed E-state index contributed by atoms with van der Waals surface area (Å²) in [5.41, 5.74) is 0. The van der Waals surface area contributed by atoms with E-state index in [1.165, 1.54) is 0 Å². The molecule has 90 valence electrons. The fourth-order valence-electron chi connectivity index (χ4n) is 1.48. The van der Waals surface area contributed by atoms with Gasteiger partial charge in [0.05, 0.1) is 6.04 Å². The van der Waals surface area contributed by atoms with Gasteiger partial charge < -0.3 is 10.3 Å². The molecule has 0 radical (unpaired) electrons. The van der Waals surface area contributed by atoms with Crippen LogP contribution < -0.4 is 5.32 Å². The monoisotopic (exact) mass is 243 g/mol. The first-order chi connectivity index (χ1) is 7.77. The summed E-state index contributed by atoms with van der Waals surface area (Å²) in [6.07, 6.45) is 6.53. The fraction of sp³-hybridized carbons (Fsp3) is 0.636. The molecular formula is C11H18ClN3O. The number of aromatic amines is 1. The van der Waals surface area contributed by atoms with E-state index < -0.39 is 0 Å². The molecule has 2 N–H and O–H groups in total. The topological polar surface area (TPSA) is 57.8 Å². The van der Waals surface area contributed by atoms with Gasteiger partial charge in [0.25, 0.3) is 0 Å². The molecule has 0 aliphatic heterocycles. The number of nitrogens with one attached hydrogen (secondary N) is 2. The number of alkyl halides is 1. The Hall–Kier alpha value is -1.03. The highest BCUT2D eigenvalue weighted by atomic mass is 35.5. The Morgan fingerprint density at radius 3 is 3.00 bits per heavy atom. The van der Waals surface area contributed by atoms with E-state index in [4.69, 9.17) is 11.6 Å². The summed E-state index contributed by atoms with van der Waals surface area (Å²) in [6.45, 7) is 2.02. The van der Waals surface area contributed by atoms with Crippen LogP contribution >= 0.6 is 11.6 Å². The zero-order valence-corrected chi connectivity index (χ0v) is 10.3. The number of aromatic nitrogens is 2. The number of rotatable bonds is 7. The maximum absolute atomic E-state index is 11.6. The molecule has 0 aliphatic rings. The SMILES string of the molecule is CCC(NC(=O)CCCCCl)c1ncc[nH]1. The van der Waals surface area contributed by atoms with Crippen LogP contribution in [-0.4, -0.2) is 21.8 Å². The number of halogens is 1. The number of imidazole rings is 1. The smallest absolute Gasteiger partial charge is 0.220 e. The molecule has 0 fully saturated rings. The van der Waals surface area contributed by atoms with Crippen molar-refractivity contribution in [1.82, 2.24) is 15.3 Å². The molecule has 0 spiro atoms. The van der Waals surface area contributed by atoms with Crippen molar-refractivity contribution >= 4 is 17.5 Å². The predicted octanol–water partition coefficient (Wildman–Crippen LogP) is 2.39. The van der Waals surface area contributed by atoms with Gasteiger partial charge in [0.15, 0.2) is 0 Å². The van der Waals surface area contributed by atoms with Crippen molar-refractivity contribution in [3.63, 3.8) is 0 Å². The Morgan fingerprint density at radius 1 is 1.62 bits per heavy atom. The lowest BCUT2D eigenvalue weighted by molar-refractivity contribution is -0.122. The van der Waals surface area contributed by atoms with Gasteiger partial charge in [-0.05, 0) is 19.3 Å². The van der Waals surface area contributed by atoms with Crippen molar-refractivity contribution < 1.29 is 4.79 Å². The summed E-state index contributed by atoms with van der Waals surface area (Å²) in [7, 11) is 0. The number of nitrogens with zero attached hydrogens (tertiary/aromatic N) is 1. The van der Waals surface area contributed by atoms with Crippen LogP contribution in [0.5, 0.6) is 0 Å². The van der Waals surface area contributed by atoms with Crippen molar-refractivity contribution in [2.75, 3.05) is 5.88 Å². The molecule has 0 bridgehead atoms. The number of hydrogen-bond acceptors (Lipinski definition) is 2. The van der Waals surface area contributed by atoms with E-state index in [1.807, 2.05) is 6.92 Å². The van der Waals surface area contributed by atoms with Crippen LogP contribution in [0, 0.1) is 0 Å². The minimum atomic E-state index is -0.0153. The summed E-state index contributed by atoms with van der Waals surface area (Å²) < 4.78 is 0. The highest BCUT2D eigenvalue weighted by Gasteiger charge is 2.13. The predicted molar refractivity (Wildman–Crippen MR) is 64.3 cm³/mol. The molecule has 1 aromatic rings. The average molecular weight is 244 g/mol. The Bertz CT molecular complexity index is 300. The molecule has 1 aromatic heterocycles. The summed E-state index contributed by atoms with van der Waals surface area (Å²) >= 11 is 5.55. The molecule has 1 unspecified atom stereocenters. The molecule has 16 heavy (non-hydrogen) atoms. The van der Waals surface area contributed by atoms with Gasteiger partial charge in [-0.2, -0.15) is 0 Å². The highest BCUT2D eigenvalue weighted by Crippen LogP contribution is 2.11. The number of amides is 1. The third kappa shape index (κ3) is 4.23. The third-order valence-corrected chi connectivity index (χ3v) is 2.65. The largest absolute Gasteiger partial charge is 0.347 e. The van der Waals surface area contributed by atoms with Crippen LogP contribution in [0.2, 0.25) is 0 Å². The molecule has 4 nitrogen and oxygen atoms in total. The summed E-state index contributed by atoms with van der Waals surface area (Å²) in [6, 6.07) is -0.0153. The van der Waals surface area contributed by atoms with E-state index in [-0.39, 0.29) is 11.9 Å². The first-order valence-electron chi connectivity index (χ1n) is 5.62. The van der Waals surface area contributed by atoms with Gasteiger partial charge in [-0.15, -0.1) is 11.6 Å². The molecule has 0 saturated heterocycles. The van der Waals surface area contributed by atoms with Gasteiger partial charge in [0.1, 0.15) is 5.82 Å². The quantitative estimate of drug-likeness (QED) is 0.571. The zero-order valence-electron chi connectivity index (χ0n) is 9.50. The highest BCUT2D eigenvalue weighted by molar-refractivity contribution is 6.17. The van der Waals surface area contributed by atoms with Gasteiger partial charge in [-0.3, -0.25) is 4.79 Å². The third-order valence-electron chi connectivity index (χ3n) is 2.38. The minimum Gasteiger partial charge on any atom is -0.347 e. The lowest BCUT2D eigenvalue weighted by atomic mass is 10.2. The lowest BCUT2D eigenvalue weighted by Gasteiger charge is -2.14. The maximum Gasteiger partial charge on any atom is 0.220 e. The van der Waals surface area contributed by atoms with Crippen molar-refractivity contribution in [1.29, 1.82) is 0 Å².